The van der Waals surface area contributed by atoms with Crippen molar-refractivity contribution in [3.05, 3.63) is 0 Å². The first-order valence-corrected chi connectivity index (χ1v) is 7.36. The van der Waals surface area contributed by atoms with E-state index in [1.54, 1.807) is 0 Å². The van der Waals surface area contributed by atoms with Gasteiger partial charge in [-0.3, -0.25) is 4.79 Å². The molecule has 4 nitrogen and oxygen atoms in total. The summed E-state index contributed by atoms with van der Waals surface area (Å²) in [5.74, 6) is 1.07. The molecule has 0 aromatic carbocycles. The van der Waals surface area contributed by atoms with Gasteiger partial charge in [0, 0.05) is 19.1 Å². The third kappa shape index (κ3) is 5.83. The molecule has 0 aromatic heterocycles. The van der Waals surface area contributed by atoms with Crippen LogP contribution in [0, 0.1) is 11.8 Å². The first-order valence-electron chi connectivity index (χ1n) is 7.36. The second-order valence-electron chi connectivity index (χ2n) is 5.38. The molecule has 18 heavy (non-hydrogen) atoms. The zero-order chi connectivity index (χ0) is 13.2. The lowest BCUT2D eigenvalue weighted by Gasteiger charge is -2.26. The minimum Gasteiger partial charge on any atom is -0.396 e. The van der Waals surface area contributed by atoms with E-state index in [0.29, 0.717) is 5.92 Å². The van der Waals surface area contributed by atoms with Crippen molar-refractivity contribution in [3.63, 3.8) is 0 Å². The topological polar surface area (TPSA) is 75.4 Å². The number of aliphatic hydroxyl groups is 1. The maximum atomic E-state index is 11.9. The van der Waals surface area contributed by atoms with Crippen molar-refractivity contribution in [1.82, 2.24) is 5.32 Å². The Bertz CT molecular complexity index is 226. The zero-order valence-corrected chi connectivity index (χ0v) is 11.4. The Hall–Kier alpha value is -0.610. The largest absolute Gasteiger partial charge is 0.396 e. The Morgan fingerprint density at radius 1 is 1.11 bits per heavy atom. The summed E-state index contributed by atoms with van der Waals surface area (Å²) < 4.78 is 0. The van der Waals surface area contributed by atoms with Gasteiger partial charge in [-0.05, 0) is 51.0 Å². The molecule has 0 aromatic rings. The predicted molar refractivity (Wildman–Crippen MR) is 73.1 cm³/mol. The summed E-state index contributed by atoms with van der Waals surface area (Å²) in [4.78, 5) is 11.9. The van der Waals surface area contributed by atoms with Gasteiger partial charge in [0.25, 0.3) is 0 Å². The van der Waals surface area contributed by atoms with Crippen molar-refractivity contribution in [2.75, 3.05) is 19.7 Å². The van der Waals surface area contributed by atoms with Crippen LogP contribution in [-0.4, -0.2) is 30.7 Å². The van der Waals surface area contributed by atoms with E-state index in [-0.39, 0.29) is 18.4 Å². The normalized spacial score (nSPS) is 23.9. The average molecular weight is 256 g/mol. The summed E-state index contributed by atoms with van der Waals surface area (Å²) >= 11 is 0. The van der Waals surface area contributed by atoms with Crippen LogP contribution < -0.4 is 11.1 Å². The van der Waals surface area contributed by atoms with E-state index >= 15 is 0 Å². The first kappa shape index (κ1) is 15.4. The van der Waals surface area contributed by atoms with Gasteiger partial charge in [0.05, 0.1) is 0 Å². The molecule has 4 N–H and O–H groups in total. The van der Waals surface area contributed by atoms with Crippen molar-refractivity contribution in [1.29, 1.82) is 0 Å². The molecule has 4 heteroatoms. The van der Waals surface area contributed by atoms with Crippen LogP contribution in [0.4, 0.5) is 0 Å². The van der Waals surface area contributed by atoms with Gasteiger partial charge in [0.1, 0.15) is 0 Å². The molecule has 106 valence electrons. The third-order valence-corrected chi connectivity index (χ3v) is 3.93. The standard InChI is InChI=1S/C14H28N2O2/c15-11-12-5-7-13(8-6-12)14(18)16-9-3-1-2-4-10-17/h12-13,17H,1-11,15H2,(H,16,18). The molecule has 1 saturated carbocycles. The smallest absolute Gasteiger partial charge is 0.223 e. The summed E-state index contributed by atoms with van der Waals surface area (Å²) in [5, 5.41) is 11.7. The minimum absolute atomic E-state index is 0.213. The van der Waals surface area contributed by atoms with Gasteiger partial charge >= 0.3 is 0 Å². The van der Waals surface area contributed by atoms with Crippen molar-refractivity contribution >= 4 is 5.91 Å². The molecule has 0 aliphatic heterocycles. The Labute approximate surface area is 110 Å². The summed E-state index contributed by atoms with van der Waals surface area (Å²) in [5.41, 5.74) is 5.64. The number of carbonyl (C=O) groups is 1. The van der Waals surface area contributed by atoms with Gasteiger partial charge in [0.2, 0.25) is 5.91 Å². The molecule has 0 spiro atoms. The minimum atomic E-state index is 0.213. The zero-order valence-electron chi connectivity index (χ0n) is 11.4. The molecule has 0 heterocycles. The Kier molecular flexibility index (Phi) is 8.01. The highest BCUT2D eigenvalue weighted by molar-refractivity contribution is 5.78. The van der Waals surface area contributed by atoms with Gasteiger partial charge in [-0.25, -0.2) is 0 Å². The van der Waals surface area contributed by atoms with Crippen molar-refractivity contribution in [2.45, 2.75) is 51.4 Å². The number of nitrogens with two attached hydrogens (primary N) is 1. The van der Waals surface area contributed by atoms with Gasteiger partial charge in [-0.1, -0.05) is 12.8 Å². The second-order valence-corrected chi connectivity index (χ2v) is 5.38. The van der Waals surface area contributed by atoms with Gasteiger partial charge in [0.15, 0.2) is 0 Å². The molecule has 0 bridgehead atoms. The van der Waals surface area contributed by atoms with E-state index in [2.05, 4.69) is 5.32 Å². The van der Waals surface area contributed by atoms with Crippen LogP contribution in [0.2, 0.25) is 0 Å². The molecule has 1 aliphatic carbocycles. The first-order chi connectivity index (χ1) is 8.77. The lowest BCUT2D eigenvalue weighted by Crippen LogP contribution is -2.34. The number of hydrogen-bond acceptors (Lipinski definition) is 3. The molecule has 1 amide bonds. The molecule has 0 saturated heterocycles. The highest BCUT2D eigenvalue weighted by atomic mass is 16.2. The number of hydrogen-bond donors (Lipinski definition) is 3. The third-order valence-electron chi connectivity index (χ3n) is 3.93. The fourth-order valence-electron chi connectivity index (χ4n) is 2.61. The lowest BCUT2D eigenvalue weighted by atomic mass is 9.81. The molecule has 1 aliphatic rings. The number of amides is 1. The van der Waals surface area contributed by atoms with Gasteiger partial charge in [-0.2, -0.15) is 0 Å². The van der Waals surface area contributed by atoms with E-state index in [9.17, 15) is 4.79 Å². The van der Waals surface area contributed by atoms with Crippen LogP contribution in [-0.2, 0) is 4.79 Å². The molecule has 0 unspecified atom stereocenters. The van der Waals surface area contributed by atoms with Crippen LogP contribution in [0.25, 0.3) is 0 Å². The molecule has 0 atom stereocenters. The van der Waals surface area contributed by atoms with E-state index in [1.807, 2.05) is 0 Å². The summed E-state index contributed by atoms with van der Waals surface area (Å²) in [6.07, 6.45) is 8.22. The number of unbranched alkanes of at least 4 members (excludes halogenated alkanes) is 3. The number of nitrogens with one attached hydrogen (secondary N) is 1. The van der Waals surface area contributed by atoms with Crippen molar-refractivity contribution < 1.29 is 9.90 Å². The molecular weight excluding hydrogens is 228 g/mol. The monoisotopic (exact) mass is 256 g/mol. The summed E-state index contributed by atoms with van der Waals surface area (Å²) in [7, 11) is 0. The van der Waals surface area contributed by atoms with E-state index < -0.39 is 0 Å². The Balaban J connectivity index is 2.03. The van der Waals surface area contributed by atoms with E-state index in [0.717, 1.165) is 64.5 Å². The average Bonchev–Trinajstić information content (AvgIpc) is 2.42. The quantitative estimate of drug-likeness (QED) is 0.575. The maximum Gasteiger partial charge on any atom is 0.223 e. The number of aliphatic hydroxyl groups excluding tert-OH is 1. The summed E-state index contributed by atoms with van der Waals surface area (Å²) in [6.45, 7) is 1.82. The summed E-state index contributed by atoms with van der Waals surface area (Å²) in [6, 6.07) is 0. The van der Waals surface area contributed by atoms with Crippen molar-refractivity contribution in [2.24, 2.45) is 17.6 Å². The number of rotatable bonds is 8. The fraction of sp³-hybridized carbons (Fsp3) is 0.929. The van der Waals surface area contributed by atoms with Crippen LogP contribution in [0.15, 0.2) is 0 Å². The fourth-order valence-corrected chi connectivity index (χ4v) is 2.61. The highest BCUT2D eigenvalue weighted by Crippen LogP contribution is 2.28. The lowest BCUT2D eigenvalue weighted by molar-refractivity contribution is -0.126. The Morgan fingerprint density at radius 3 is 2.39 bits per heavy atom. The van der Waals surface area contributed by atoms with Crippen LogP contribution in [0.5, 0.6) is 0 Å². The van der Waals surface area contributed by atoms with Crippen LogP contribution >= 0.6 is 0 Å². The molecular formula is C14H28N2O2. The second kappa shape index (κ2) is 9.34. The molecule has 1 rings (SSSR count). The van der Waals surface area contributed by atoms with Crippen LogP contribution in [0.3, 0.4) is 0 Å². The van der Waals surface area contributed by atoms with E-state index in [4.69, 9.17) is 10.8 Å². The highest BCUT2D eigenvalue weighted by Gasteiger charge is 2.25. The maximum absolute atomic E-state index is 11.9. The molecule has 0 radical (unpaired) electrons. The SMILES string of the molecule is NCC1CCC(C(=O)NCCCCCCO)CC1. The Morgan fingerprint density at radius 2 is 1.78 bits per heavy atom. The van der Waals surface area contributed by atoms with E-state index in [1.165, 1.54) is 0 Å². The van der Waals surface area contributed by atoms with Gasteiger partial charge in [-0.15, -0.1) is 0 Å². The predicted octanol–water partition coefficient (Wildman–Crippen LogP) is 1.42. The van der Waals surface area contributed by atoms with Crippen molar-refractivity contribution in [3.8, 4) is 0 Å². The van der Waals surface area contributed by atoms with Crippen LogP contribution in [0.1, 0.15) is 51.4 Å². The van der Waals surface area contributed by atoms with Gasteiger partial charge < -0.3 is 16.2 Å². The number of carbonyl (C=O) groups excluding carboxylic acids is 1. The molecule has 1 fully saturated rings.